The van der Waals surface area contributed by atoms with Crippen molar-refractivity contribution >= 4 is 5.91 Å². The number of hydrogen-bond acceptors (Lipinski definition) is 8. The minimum absolute atomic E-state index is 0.130. The molecular formula is C81H161NO8. The Labute approximate surface area is 561 Å². The molecule has 538 valence electrons. The zero-order chi connectivity index (χ0) is 64.9. The molecule has 90 heavy (non-hydrogen) atoms. The second-order valence-corrected chi connectivity index (χ2v) is 29.3. The number of rotatable bonds is 75. The maximum Gasteiger partial charge on any atom is 0.220 e. The molecular weight excluding hydrogens is 1110 g/mol. The summed E-state index contributed by atoms with van der Waals surface area (Å²) in [5.74, 6) is -0.131. The molecule has 1 amide bonds. The highest BCUT2D eigenvalue weighted by Gasteiger charge is 2.44. The molecule has 0 saturated carbocycles. The van der Waals surface area contributed by atoms with Gasteiger partial charge in [-0.15, -0.1) is 0 Å². The van der Waals surface area contributed by atoms with E-state index in [9.17, 15) is 30.3 Å². The Morgan fingerprint density at radius 3 is 0.789 bits per heavy atom. The molecule has 7 atom stereocenters. The van der Waals surface area contributed by atoms with Gasteiger partial charge in [-0.3, -0.25) is 4.79 Å². The van der Waals surface area contributed by atoms with Gasteiger partial charge in [-0.25, -0.2) is 0 Å². The molecule has 1 fully saturated rings. The van der Waals surface area contributed by atoms with Crippen molar-refractivity contribution < 1.29 is 39.8 Å². The smallest absolute Gasteiger partial charge is 0.220 e. The van der Waals surface area contributed by atoms with Crippen LogP contribution in [-0.2, 0) is 14.3 Å². The van der Waals surface area contributed by atoms with Crippen molar-refractivity contribution in [1.29, 1.82) is 0 Å². The molecule has 6 N–H and O–H groups in total. The Morgan fingerprint density at radius 2 is 0.556 bits per heavy atom. The maximum atomic E-state index is 13.2. The molecule has 0 aromatic carbocycles. The van der Waals surface area contributed by atoms with Gasteiger partial charge in [0.15, 0.2) is 6.29 Å². The average Bonchev–Trinajstić information content (AvgIpc) is 2.10. The summed E-state index contributed by atoms with van der Waals surface area (Å²) in [4.78, 5) is 13.2. The number of hydrogen-bond donors (Lipinski definition) is 6. The van der Waals surface area contributed by atoms with Crippen LogP contribution < -0.4 is 5.32 Å². The van der Waals surface area contributed by atoms with E-state index < -0.39 is 49.5 Å². The zero-order valence-corrected chi connectivity index (χ0v) is 60.7. The molecule has 1 heterocycles. The molecule has 0 spiro atoms. The predicted octanol–water partition coefficient (Wildman–Crippen LogP) is 23.6. The van der Waals surface area contributed by atoms with Crippen molar-refractivity contribution in [2.45, 2.75) is 500 Å². The van der Waals surface area contributed by atoms with E-state index in [2.05, 4.69) is 19.2 Å². The summed E-state index contributed by atoms with van der Waals surface area (Å²) in [5, 5.41) is 55.1. The molecule has 7 unspecified atom stereocenters. The molecule has 0 aromatic heterocycles. The quantitative estimate of drug-likeness (QED) is 0.0330. The van der Waals surface area contributed by atoms with Crippen LogP contribution in [0.3, 0.4) is 0 Å². The Hall–Kier alpha value is -0.810. The van der Waals surface area contributed by atoms with Crippen LogP contribution in [0.1, 0.15) is 457 Å². The zero-order valence-electron chi connectivity index (χ0n) is 60.7. The van der Waals surface area contributed by atoms with Gasteiger partial charge in [0.1, 0.15) is 24.4 Å². The van der Waals surface area contributed by atoms with E-state index in [0.29, 0.717) is 12.8 Å². The van der Waals surface area contributed by atoms with Gasteiger partial charge in [0.25, 0.3) is 0 Å². The van der Waals surface area contributed by atoms with Gasteiger partial charge < -0.3 is 40.3 Å². The fourth-order valence-electron chi connectivity index (χ4n) is 14.1. The van der Waals surface area contributed by atoms with E-state index in [1.165, 1.54) is 392 Å². The predicted molar refractivity (Wildman–Crippen MR) is 388 cm³/mol. The Balaban J connectivity index is 2.01. The SMILES string of the molecule is CCCCCCCCCCCCCCCCCCCCCCCCCCCCCCCCCCCCCCCCCCC(=O)NC(COC1OC(CO)C(O)C(O)C1O)C(O)CCCCCCCCCCCCCCCCCCCCCCCCCCCCC. The molecule has 9 nitrogen and oxygen atoms in total. The first-order chi connectivity index (χ1) is 44.3. The minimum Gasteiger partial charge on any atom is -0.394 e. The van der Waals surface area contributed by atoms with Crippen molar-refractivity contribution in [3.8, 4) is 0 Å². The Kier molecular flexibility index (Phi) is 68.8. The molecule has 1 aliphatic heterocycles. The van der Waals surface area contributed by atoms with Gasteiger partial charge in [-0.2, -0.15) is 0 Å². The normalized spacial score (nSPS) is 17.6. The number of ether oxygens (including phenoxy) is 2. The Bertz CT molecular complexity index is 1390. The van der Waals surface area contributed by atoms with Crippen molar-refractivity contribution in [2.75, 3.05) is 13.2 Å². The Morgan fingerprint density at radius 1 is 0.333 bits per heavy atom. The molecule has 1 rings (SSSR count). The maximum absolute atomic E-state index is 13.2. The summed E-state index contributed by atoms with van der Waals surface area (Å²) in [6, 6.07) is -0.716. The highest BCUT2D eigenvalue weighted by molar-refractivity contribution is 5.76. The van der Waals surface area contributed by atoms with E-state index in [4.69, 9.17) is 9.47 Å². The van der Waals surface area contributed by atoms with Crippen LogP contribution in [0.15, 0.2) is 0 Å². The number of nitrogens with one attached hydrogen (secondary N) is 1. The van der Waals surface area contributed by atoms with Crippen LogP contribution in [-0.4, -0.2) is 87.5 Å². The van der Waals surface area contributed by atoms with E-state index in [0.717, 1.165) is 38.5 Å². The monoisotopic (exact) mass is 1280 g/mol. The number of carbonyl (C=O) groups excluding carboxylic acids is 1. The van der Waals surface area contributed by atoms with Crippen molar-refractivity contribution in [2.24, 2.45) is 0 Å². The number of aliphatic hydroxyl groups excluding tert-OH is 5. The highest BCUT2D eigenvalue weighted by atomic mass is 16.7. The molecule has 1 saturated heterocycles. The number of unbranched alkanes of at least 4 members (excludes halogenated alkanes) is 65. The van der Waals surface area contributed by atoms with Crippen LogP contribution in [0.2, 0.25) is 0 Å². The number of amides is 1. The number of carbonyl (C=O) groups is 1. The van der Waals surface area contributed by atoms with Crippen molar-refractivity contribution in [3.63, 3.8) is 0 Å². The van der Waals surface area contributed by atoms with Gasteiger partial charge in [0.05, 0.1) is 25.4 Å². The summed E-state index contributed by atoms with van der Waals surface area (Å²) >= 11 is 0. The summed E-state index contributed by atoms with van der Waals surface area (Å²) < 4.78 is 11.4. The first-order valence-electron chi connectivity index (χ1n) is 41.2. The van der Waals surface area contributed by atoms with Crippen LogP contribution in [0.4, 0.5) is 0 Å². The summed E-state index contributed by atoms with van der Waals surface area (Å²) in [7, 11) is 0. The van der Waals surface area contributed by atoms with E-state index in [1.807, 2.05) is 0 Å². The third-order valence-electron chi connectivity index (χ3n) is 20.5. The topological polar surface area (TPSA) is 149 Å². The van der Waals surface area contributed by atoms with Gasteiger partial charge in [-0.1, -0.05) is 438 Å². The lowest BCUT2D eigenvalue weighted by atomic mass is 9.99. The summed E-state index contributed by atoms with van der Waals surface area (Å²) in [6.45, 7) is 3.92. The fourth-order valence-corrected chi connectivity index (χ4v) is 14.1. The lowest BCUT2D eigenvalue weighted by Crippen LogP contribution is -2.60. The fraction of sp³-hybridized carbons (Fsp3) is 0.988. The van der Waals surface area contributed by atoms with E-state index >= 15 is 0 Å². The second-order valence-electron chi connectivity index (χ2n) is 29.3. The van der Waals surface area contributed by atoms with E-state index in [1.54, 1.807) is 0 Å². The standard InChI is InChI=1S/C81H161NO8/c1-3-5-7-9-11-13-15-17-19-21-23-25-27-29-31-32-33-34-35-36-37-38-39-40-41-42-43-45-47-49-51-53-55-57-59-61-63-65-67-69-71-77(85)82-74(73-89-81-80(88)79(87)78(86)76(72-83)90-81)75(84)70-68-66-64-62-60-58-56-54-52-50-48-46-44-30-28-26-24-22-20-18-16-14-12-10-8-6-4-2/h74-76,78-81,83-84,86-88H,3-73H2,1-2H3,(H,82,85). The van der Waals surface area contributed by atoms with Crippen molar-refractivity contribution in [1.82, 2.24) is 5.32 Å². The summed E-state index contributed by atoms with van der Waals surface area (Å²) in [5.41, 5.74) is 0. The van der Waals surface area contributed by atoms with Crippen LogP contribution in [0.25, 0.3) is 0 Å². The lowest BCUT2D eigenvalue weighted by Gasteiger charge is -2.40. The molecule has 9 heteroatoms. The van der Waals surface area contributed by atoms with Crippen molar-refractivity contribution in [3.05, 3.63) is 0 Å². The summed E-state index contributed by atoms with van der Waals surface area (Å²) in [6.07, 6.45) is 85.2. The van der Waals surface area contributed by atoms with Gasteiger partial charge in [-0.05, 0) is 12.8 Å². The lowest BCUT2D eigenvalue weighted by molar-refractivity contribution is -0.302. The second kappa shape index (κ2) is 71.0. The van der Waals surface area contributed by atoms with E-state index in [-0.39, 0.29) is 12.5 Å². The highest BCUT2D eigenvalue weighted by Crippen LogP contribution is 2.25. The molecule has 0 aromatic rings. The molecule has 0 bridgehead atoms. The average molecular weight is 1280 g/mol. The van der Waals surface area contributed by atoms with Crippen LogP contribution >= 0.6 is 0 Å². The largest absolute Gasteiger partial charge is 0.394 e. The minimum atomic E-state index is -1.55. The number of aliphatic hydroxyl groups is 5. The first kappa shape index (κ1) is 87.2. The van der Waals surface area contributed by atoms with Crippen LogP contribution in [0, 0.1) is 0 Å². The van der Waals surface area contributed by atoms with Gasteiger partial charge >= 0.3 is 0 Å². The first-order valence-corrected chi connectivity index (χ1v) is 41.2. The van der Waals surface area contributed by atoms with Gasteiger partial charge in [0, 0.05) is 6.42 Å². The molecule has 1 aliphatic rings. The van der Waals surface area contributed by atoms with Crippen LogP contribution in [0.5, 0.6) is 0 Å². The molecule has 0 radical (unpaired) electrons. The molecule has 0 aliphatic carbocycles. The van der Waals surface area contributed by atoms with Gasteiger partial charge in [0.2, 0.25) is 5.91 Å². The third kappa shape index (κ3) is 58.5. The third-order valence-corrected chi connectivity index (χ3v) is 20.5.